The predicted molar refractivity (Wildman–Crippen MR) is 108 cm³/mol. The molecule has 1 aliphatic heterocycles. The van der Waals surface area contributed by atoms with Gasteiger partial charge < -0.3 is 4.90 Å². The lowest BCUT2D eigenvalue weighted by Crippen LogP contribution is -2.44. The van der Waals surface area contributed by atoms with Gasteiger partial charge in [0.1, 0.15) is 0 Å². The molecule has 1 saturated heterocycles. The summed E-state index contributed by atoms with van der Waals surface area (Å²) in [6.45, 7) is 3.55. The van der Waals surface area contributed by atoms with Gasteiger partial charge in [0.05, 0.1) is 16.5 Å². The van der Waals surface area contributed by atoms with Crippen LogP contribution in [0.1, 0.15) is 34.3 Å². The molecule has 2 aromatic carbocycles. The van der Waals surface area contributed by atoms with Crippen LogP contribution in [0.15, 0.2) is 47.4 Å². The molecular weight excluding hydrogens is 417 g/mol. The van der Waals surface area contributed by atoms with E-state index in [9.17, 15) is 26.4 Å². The minimum atomic E-state index is -4.34. The van der Waals surface area contributed by atoms with Crippen LogP contribution in [0.25, 0.3) is 0 Å². The van der Waals surface area contributed by atoms with E-state index in [1.165, 1.54) is 29.2 Å². The Kier molecular flexibility index (Phi) is 6.12. The van der Waals surface area contributed by atoms with Gasteiger partial charge in [-0.3, -0.25) is 9.52 Å². The standard InChI is InChI=1S/C21H23F3N2O3S/c1-14-5-3-7-19(15(14)2)25-30(28,29)18-10-8-16(9-11-18)20(27)26-12-4-6-17(13-26)21(22,23)24/h3,5,7-11,17,25H,4,6,12-13H2,1-2H3/t17-/m0/s1. The zero-order valence-electron chi connectivity index (χ0n) is 16.7. The first kappa shape index (κ1) is 22.1. The van der Waals surface area contributed by atoms with Gasteiger partial charge in [-0.1, -0.05) is 12.1 Å². The Hall–Kier alpha value is -2.55. The van der Waals surface area contributed by atoms with Gasteiger partial charge in [-0.2, -0.15) is 13.2 Å². The average molecular weight is 440 g/mol. The van der Waals surface area contributed by atoms with E-state index in [0.29, 0.717) is 5.69 Å². The Labute approximate surface area is 173 Å². The Balaban J connectivity index is 1.75. The third kappa shape index (κ3) is 4.77. The highest BCUT2D eigenvalue weighted by atomic mass is 32.2. The zero-order chi connectivity index (χ0) is 22.1. The number of sulfonamides is 1. The second kappa shape index (κ2) is 8.29. The topological polar surface area (TPSA) is 66.5 Å². The molecule has 5 nitrogen and oxygen atoms in total. The molecule has 2 aromatic rings. The Morgan fingerprint density at radius 2 is 1.77 bits per heavy atom. The highest BCUT2D eigenvalue weighted by molar-refractivity contribution is 7.92. The summed E-state index contributed by atoms with van der Waals surface area (Å²) >= 11 is 0. The molecule has 1 amide bonds. The maximum absolute atomic E-state index is 13.0. The fourth-order valence-electron chi connectivity index (χ4n) is 3.45. The van der Waals surface area contributed by atoms with E-state index in [-0.39, 0.29) is 36.4 Å². The number of hydrogen-bond acceptors (Lipinski definition) is 3. The van der Waals surface area contributed by atoms with Crippen molar-refractivity contribution < 1.29 is 26.4 Å². The van der Waals surface area contributed by atoms with Gasteiger partial charge >= 0.3 is 6.18 Å². The average Bonchev–Trinajstić information content (AvgIpc) is 2.70. The molecular formula is C21H23F3N2O3S. The van der Waals surface area contributed by atoms with Gasteiger partial charge in [0.2, 0.25) is 0 Å². The maximum atomic E-state index is 13.0. The first-order chi connectivity index (χ1) is 14.0. The zero-order valence-corrected chi connectivity index (χ0v) is 17.5. The van der Waals surface area contributed by atoms with E-state index < -0.39 is 28.0 Å². The highest BCUT2D eigenvalue weighted by Crippen LogP contribution is 2.33. The monoisotopic (exact) mass is 440 g/mol. The lowest BCUT2D eigenvalue weighted by atomic mass is 9.97. The van der Waals surface area contributed by atoms with Gasteiger partial charge in [0, 0.05) is 18.7 Å². The molecule has 0 saturated carbocycles. The second-order valence-corrected chi connectivity index (χ2v) is 9.19. The van der Waals surface area contributed by atoms with E-state index >= 15 is 0 Å². The summed E-state index contributed by atoms with van der Waals surface area (Å²) in [5.41, 5.74) is 2.36. The van der Waals surface area contributed by atoms with Gasteiger partial charge in [-0.15, -0.1) is 0 Å². The number of nitrogens with one attached hydrogen (secondary N) is 1. The molecule has 0 aromatic heterocycles. The number of piperidine rings is 1. The SMILES string of the molecule is Cc1cccc(NS(=O)(=O)c2ccc(C(=O)N3CCC[C@H](C(F)(F)F)C3)cc2)c1C. The molecule has 9 heteroatoms. The smallest absolute Gasteiger partial charge is 0.338 e. The lowest BCUT2D eigenvalue weighted by molar-refractivity contribution is -0.184. The minimum absolute atomic E-state index is 0.00844. The largest absolute Gasteiger partial charge is 0.393 e. The minimum Gasteiger partial charge on any atom is -0.338 e. The Bertz CT molecular complexity index is 1030. The van der Waals surface area contributed by atoms with Crippen molar-refractivity contribution in [2.24, 2.45) is 5.92 Å². The first-order valence-electron chi connectivity index (χ1n) is 9.54. The fraction of sp³-hybridized carbons (Fsp3) is 0.381. The van der Waals surface area contributed by atoms with Crippen LogP contribution in [0.4, 0.5) is 18.9 Å². The molecule has 0 spiro atoms. The number of carbonyl (C=O) groups is 1. The van der Waals surface area contributed by atoms with Crippen molar-refractivity contribution in [3.05, 3.63) is 59.2 Å². The van der Waals surface area contributed by atoms with Crippen molar-refractivity contribution >= 4 is 21.6 Å². The number of anilines is 1. The molecule has 3 rings (SSSR count). The third-order valence-corrected chi connectivity index (χ3v) is 6.81. The molecule has 1 heterocycles. The molecule has 30 heavy (non-hydrogen) atoms. The molecule has 162 valence electrons. The van der Waals surface area contributed by atoms with Gasteiger partial charge in [-0.25, -0.2) is 8.42 Å². The number of halogens is 3. The van der Waals surface area contributed by atoms with Crippen LogP contribution in [-0.4, -0.2) is 38.5 Å². The van der Waals surface area contributed by atoms with Crippen LogP contribution in [0.3, 0.4) is 0 Å². The number of hydrogen-bond donors (Lipinski definition) is 1. The maximum Gasteiger partial charge on any atom is 0.393 e. The van der Waals surface area contributed by atoms with E-state index in [1.807, 2.05) is 19.9 Å². The van der Waals surface area contributed by atoms with Crippen molar-refractivity contribution in [2.45, 2.75) is 37.8 Å². The predicted octanol–water partition coefficient (Wildman–Crippen LogP) is 4.52. The number of aryl methyl sites for hydroxylation is 1. The first-order valence-corrected chi connectivity index (χ1v) is 11.0. The van der Waals surface area contributed by atoms with Gasteiger partial charge in [-0.05, 0) is 68.1 Å². The van der Waals surface area contributed by atoms with Crippen molar-refractivity contribution in [3.63, 3.8) is 0 Å². The quantitative estimate of drug-likeness (QED) is 0.760. The summed E-state index contributed by atoms with van der Waals surface area (Å²) in [6, 6.07) is 10.5. The van der Waals surface area contributed by atoms with Crippen LogP contribution in [-0.2, 0) is 10.0 Å². The van der Waals surface area contributed by atoms with Crippen molar-refractivity contribution in [3.8, 4) is 0 Å². The summed E-state index contributed by atoms with van der Waals surface area (Å²) in [4.78, 5) is 13.7. The Morgan fingerprint density at radius 3 is 2.40 bits per heavy atom. The van der Waals surface area contributed by atoms with E-state index in [0.717, 1.165) is 11.1 Å². The normalized spacial score (nSPS) is 17.6. The number of alkyl halides is 3. The second-order valence-electron chi connectivity index (χ2n) is 7.51. The molecule has 0 unspecified atom stereocenters. The van der Waals surface area contributed by atoms with E-state index in [2.05, 4.69) is 4.72 Å². The van der Waals surface area contributed by atoms with Crippen LogP contribution >= 0.6 is 0 Å². The number of rotatable bonds is 4. The molecule has 0 aliphatic carbocycles. The Morgan fingerprint density at radius 1 is 1.10 bits per heavy atom. The molecule has 1 N–H and O–H groups in total. The number of carbonyl (C=O) groups excluding carboxylic acids is 1. The van der Waals surface area contributed by atoms with Crippen LogP contribution < -0.4 is 4.72 Å². The molecule has 0 bridgehead atoms. The van der Waals surface area contributed by atoms with E-state index in [4.69, 9.17) is 0 Å². The van der Waals surface area contributed by atoms with Gasteiger partial charge in [0.15, 0.2) is 0 Å². The third-order valence-electron chi connectivity index (χ3n) is 5.43. The summed E-state index contributed by atoms with van der Waals surface area (Å²) in [7, 11) is -3.87. The van der Waals surface area contributed by atoms with Crippen molar-refractivity contribution in [2.75, 3.05) is 17.8 Å². The van der Waals surface area contributed by atoms with Crippen LogP contribution in [0.5, 0.6) is 0 Å². The summed E-state index contributed by atoms with van der Waals surface area (Å²) < 4.78 is 66.8. The molecule has 1 aliphatic rings. The summed E-state index contributed by atoms with van der Waals surface area (Å²) in [5.74, 6) is -2.06. The van der Waals surface area contributed by atoms with Crippen LogP contribution in [0, 0.1) is 19.8 Å². The van der Waals surface area contributed by atoms with Crippen molar-refractivity contribution in [1.82, 2.24) is 4.90 Å². The number of likely N-dealkylation sites (tertiary alicyclic amines) is 1. The lowest BCUT2D eigenvalue weighted by Gasteiger charge is -2.33. The number of nitrogens with zero attached hydrogens (tertiary/aromatic N) is 1. The highest BCUT2D eigenvalue weighted by Gasteiger charge is 2.42. The van der Waals surface area contributed by atoms with Crippen molar-refractivity contribution in [1.29, 1.82) is 0 Å². The summed E-state index contributed by atoms with van der Waals surface area (Å²) in [6.07, 6.45) is -4.05. The molecule has 1 atom stereocenters. The molecule has 0 radical (unpaired) electrons. The van der Waals surface area contributed by atoms with Crippen LogP contribution in [0.2, 0.25) is 0 Å². The van der Waals surface area contributed by atoms with E-state index in [1.54, 1.807) is 12.1 Å². The molecule has 1 fully saturated rings. The number of benzene rings is 2. The van der Waals surface area contributed by atoms with Gasteiger partial charge in [0.25, 0.3) is 15.9 Å². The summed E-state index contributed by atoms with van der Waals surface area (Å²) in [5, 5.41) is 0. The fourth-order valence-corrected chi connectivity index (χ4v) is 4.58. The number of amides is 1.